The molecule has 5 rings (SSSR count). The molecule has 0 radical (unpaired) electrons. The van der Waals surface area contributed by atoms with Gasteiger partial charge in [0.2, 0.25) is 0 Å². The minimum absolute atomic E-state index is 0.0272. The number of hydrogen-bond acceptors (Lipinski definition) is 2. The summed E-state index contributed by atoms with van der Waals surface area (Å²) in [5, 5.41) is 11.4. The molecule has 0 aliphatic heterocycles. The average Bonchev–Trinajstić information content (AvgIpc) is 2.47. The molecule has 1 aromatic rings. The van der Waals surface area contributed by atoms with Crippen molar-refractivity contribution in [1.82, 2.24) is 4.84 Å². The first-order chi connectivity index (χ1) is 10.5. The summed E-state index contributed by atoms with van der Waals surface area (Å²) in [5.41, 5.74) is 0.460. The molecule has 7 atom stereocenters. The van der Waals surface area contributed by atoms with Gasteiger partial charge in [-0.1, -0.05) is 37.3 Å². The Labute approximate surface area is 142 Å². The molecule has 120 valence electrons. The molecule has 1 unspecified atom stereocenters. The summed E-state index contributed by atoms with van der Waals surface area (Å²) in [5.74, 6) is 1.72. The third-order valence-corrected chi connectivity index (χ3v) is 7.28. The molecular formula is C18H23Cl2NO. The van der Waals surface area contributed by atoms with E-state index in [0.717, 1.165) is 24.8 Å². The number of alkyl halides is 1. The topological polar surface area (TPSA) is 32.3 Å². The third-order valence-electron chi connectivity index (χ3n) is 6.60. The fourth-order valence-electron chi connectivity index (χ4n) is 5.84. The van der Waals surface area contributed by atoms with Crippen LogP contribution in [0.25, 0.3) is 0 Å². The van der Waals surface area contributed by atoms with Crippen molar-refractivity contribution in [2.45, 2.75) is 49.1 Å². The van der Waals surface area contributed by atoms with Gasteiger partial charge in [-0.15, -0.1) is 11.6 Å². The first-order valence-electron chi connectivity index (χ1n) is 8.28. The van der Waals surface area contributed by atoms with Gasteiger partial charge in [0, 0.05) is 10.8 Å². The molecule has 4 aliphatic carbocycles. The van der Waals surface area contributed by atoms with Crippen molar-refractivity contribution in [1.29, 1.82) is 0 Å². The lowest BCUT2D eigenvalue weighted by Crippen LogP contribution is -2.66. The van der Waals surface area contributed by atoms with Crippen molar-refractivity contribution >= 4 is 23.4 Å². The van der Waals surface area contributed by atoms with Crippen LogP contribution in [-0.4, -0.2) is 15.6 Å². The van der Waals surface area contributed by atoms with E-state index in [1.807, 2.05) is 18.2 Å². The Morgan fingerprint density at radius 2 is 1.95 bits per heavy atom. The Hall–Kier alpha value is -0.280. The molecule has 4 saturated carbocycles. The molecule has 4 aliphatic rings. The summed E-state index contributed by atoms with van der Waals surface area (Å²) in [4.78, 5) is 2.78. The maximum absolute atomic E-state index is 11.4. The molecule has 1 aromatic carbocycles. The molecule has 0 saturated heterocycles. The van der Waals surface area contributed by atoms with Crippen LogP contribution in [0.3, 0.4) is 0 Å². The molecule has 0 heterocycles. The standard InChI is InChI=1S/C18H23Cl2NO/c1-11-13-7-17(19)9-14(11)15(18(22,8-13)10-17)16(21-20)12-5-3-2-4-6-12/h2-6,11,13-16,21-22H,7-10H2,1H3/t11-,13-,14?,15+,16-,17-,18-/m0/s1. The minimum Gasteiger partial charge on any atom is -0.389 e. The summed E-state index contributed by atoms with van der Waals surface area (Å²) in [6, 6.07) is 10.2. The van der Waals surface area contributed by atoms with Crippen molar-refractivity contribution in [2.24, 2.45) is 23.7 Å². The van der Waals surface area contributed by atoms with E-state index < -0.39 is 5.60 Å². The number of hydrogen-bond donors (Lipinski definition) is 2. The van der Waals surface area contributed by atoms with E-state index in [1.54, 1.807) is 0 Å². The van der Waals surface area contributed by atoms with Gasteiger partial charge in [-0.3, -0.25) is 0 Å². The summed E-state index contributed by atoms with van der Waals surface area (Å²) in [7, 11) is 0. The van der Waals surface area contributed by atoms with E-state index in [2.05, 4.69) is 23.9 Å². The maximum atomic E-state index is 11.4. The molecule has 2 N–H and O–H groups in total. The molecule has 0 aromatic heterocycles. The van der Waals surface area contributed by atoms with Gasteiger partial charge >= 0.3 is 0 Å². The molecule has 0 amide bonds. The van der Waals surface area contributed by atoms with Gasteiger partial charge in [0.05, 0.1) is 11.6 Å². The van der Waals surface area contributed by atoms with E-state index in [9.17, 15) is 5.11 Å². The molecule has 2 nitrogen and oxygen atoms in total. The zero-order valence-electron chi connectivity index (χ0n) is 12.8. The van der Waals surface area contributed by atoms with E-state index in [0.29, 0.717) is 24.2 Å². The van der Waals surface area contributed by atoms with E-state index in [1.165, 1.54) is 0 Å². The van der Waals surface area contributed by atoms with Crippen LogP contribution in [0.2, 0.25) is 0 Å². The SMILES string of the molecule is C[C@@H]1C2C[C@@]3(Cl)C[C@H]1C[C@](O)(C3)[C@H]2[C@@H](NCl)c1ccccc1. The van der Waals surface area contributed by atoms with Crippen molar-refractivity contribution in [3.05, 3.63) is 35.9 Å². The van der Waals surface area contributed by atoms with Gasteiger partial charge in [0.25, 0.3) is 0 Å². The Bertz CT molecular complexity index is 567. The Kier molecular flexibility index (Phi) is 3.54. The molecule has 4 heteroatoms. The first-order valence-corrected chi connectivity index (χ1v) is 9.04. The van der Waals surface area contributed by atoms with Gasteiger partial charge in [-0.25, -0.2) is 4.84 Å². The number of rotatable bonds is 3. The smallest absolute Gasteiger partial charge is 0.0716 e. The summed E-state index contributed by atoms with van der Waals surface area (Å²) in [6.45, 7) is 2.33. The van der Waals surface area contributed by atoms with Gasteiger partial charge in [0.15, 0.2) is 0 Å². The Morgan fingerprint density at radius 1 is 1.23 bits per heavy atom. The van der Waals surface area contributed by atoms with Crippen LogP contribution in [0.1, 0.15) is 44.2 Å². The normalized spacial score (nSPS) is 47.6. The van der Waals surface area contributed by atoms with Crippen LogP contribution < -0.4 is 4.84 Å². The van der Waals surface area contributed by atoms with E-state index in [4.69, 9.17) is 23.4 Å². The molecular weight excluding hydrogens is 317 g/mol. The Balaban J connectivity index is 1.75. The second-order valence-electron chi connectivity index (χ2n) is 7.85. The lowest BCUT2D eigenvalue weighted by Gasteiger charge is -2.65. The number of nitrogens with one attached hydrogen (secondary N) is 1. The van der Waals surface area contributed by atoms with Crippen LogP contribution in [0.5, 0.6) is 0 Å². The van der Waals surface area contributed by atoms with Gasteiger partial charge in [0.1, 0.15) is 0 Å². The Morgan fingerprint density at radius 3 is 2.64 bits per heavy atom. The second kappa shape index (κ2) is 5.11. The molecule has 4 bridgehead atoms. The van der Waals surface area contributed by atoms with Crippen molar-refractivity contribution in [3.63, 3.8) is 0 Å². The second-order valence-corrected chi connectivity index (χ2v) is 8.87. The number of halogens is 2. The largest absolute Gasteiger partial charge is 0.389 e. The fourth-order valence-corrected chi connectivity index (χ4v) is 6.71. The highest BCUT2D eigenvalue weighted by Crippen LogP contribution is 2.66. The maximum Gasteiger partial charge on any atom is 0.0716 e. The van der Waals surface area contributed by atoms with Gasteiger partial charge in [-0.2, -0.15) is 0 Å². The van der Waals surface area contributed by atoms with E-state index in [-0.39, 0.29) is 16.8 Å². The van der Waals surface area contributed by atoms with Gasteiger partial charge in [-0.05, 0) is 60.8 Å². The lowest BCUT2D eigenvalue weighted by molar-refractivity contribution is -0.193. The van der Waals surface area contributed by atoms with Crippen molar-refractivity contribution in [2.75, 3.05) is 0 Å². The summed E-state index contributed by atoms with van der Waals surface area (Å²) < 4.78 is 0. The molecule has 0 spiro atoms. The monoisotopic (exact) mass is 339 g/mol. The van der Waals surface area contributed by atoms with Crippen molar-refractivity contribution < 1.29 is 5.11 Å². The van der Waals surface area contributed by atoms with Gasteiger partial charge < -0.3 is 5.11 Å². The van der Waals surface area contributed by atoms with Crippen LogP contribution >= 0.6 is 23.4 Å². The highest BCUT2D eigenvalue weighted by atomic mass is 35.5. The summed E-state index contributed by atoms with van der Waals surface area (Å²) in [6.07, 6.45) is 3.63. The first kappa shape index (κ1) is 15.3. The number of aliphatic hydroxyl groups is 1. The minimum atomic E-state index is -0.692. The van der Waals surface area contributed by atoms with E-state index >= 15 is 0 Å². The molecule has 22 heavy (non-hydrogen) atoms. The quantitative estimate of drug-likeness (QED) is 0.636. The fraction of sp³-hybridized carbons (Fsp3) is 0.667. The zero-order chi connectivity index (χ0) is 15.5. The molecule has 4 fully saturated rings. The summed E-state index contributed by atoms with van der Waals surface area (Å²) >= 11 is 13.0. The van der Waals surface area contributed by atoms with Crippen LogP contribution in [0.15, 0.2) is 30.3 Å². The van der Waals surface area contributed by atoms with Crippen molar-refractivity contribution in [3.8, 4) is 0 Å². The van der Waals surface area contributed by atoms with Crippen LogP contribution in [-0.2, 0) is 0 Å². The highest BCUT2D eigenvalue weighted by Gasteiger charge is 2.65. The predicted molar refractivity (Wildman–Crippen MR) is 89.8 cm³/mol. The highest BCUT2D eigenvalue weighted by molar-refractivity contribution is 6.24. The average molecular weight is 340 g/mol. The van der Waals surface area contributed by atoms with Crippen LogP contribution in [0, 0.1) is 23.7 Å². The lowest BCUT2D eigenvalue weighted by atomic mass is 9.44. The third kappa shape index (κ3) is 2.15. The number of benzene rings is 1. The predicted octanol–water partition coefficient (Wildman–Crippen LogP) is 4.27. The zero-order valence-corrected chi connectivity index (χ0v) is 14.3. The van der Waals surface area contributed by atoms with Crippen LogP contribution in [0.4, 0.5) is 0 Å².